The monoisotopic (exact) mass is 379 g/mol. The van der Waals surface area contributed by atoms with Crippen LogP contribution >= 0.6 is 7.82 Å². The van der Waals surface area contributed by atoms with Gasteiger partial charge in [-0.05, 0) is 30.5 Å². The van der Waals surface area contributed by atoms with E-state index < -0.39 is 7.82 Å². The van der Waals surface area contributed by atoms with Gasteiger partial charge in [-0.15, -0.1) is 0 Å². The average molecular weight is 379 g/mol. The Kier molecular flexibility index (Phi) is 11.1. The van der Waals surface area contributed by atoms with E-state index >= 15 is 0 Å². The molecule has 0 aromatic heterocycles. The second-order valence-electron chi connectivity index (χ2n) is 6.23. The zero-order valence-electron chi connectivity index (χ0n) is 15.1. The first kappa shape index (κ1) is 22.6. The Hall–Kier alpha value is -1.49. The highest BCUT2D eigenvalue weighted by Crippen LogP contribution is 2.30. The minimum atomic E-state index is -4.64. The first-order chi connectivity index (χ1) is 12.4. The van der Waals surface area contributed by atoms with Gasteiger partial charge in [-0.3, -0.25) is 0 Å². The van der Waals surface area contributed by atoms with Gasteiger partial charge in [0.1, 0.15) is 0 Å². The summed E-state index contributed by atoms with van der Waals surface area (Å²) in [6, 6.07) is 21.8. The Labute approximate surface area is 156 Å². The van der Waals surface area contributed by atoms with E-state index in [1.807, 2.05) is 0 Å². The van der Waals surface area contributed by atoms with E-state index in [-0.39, 0.29) is 0 Å². The van der Waals surface area contributed by atoms with Gasteiger partial charge in [0.05, 0.1) is 0 Å². The number of benzene rings is 2. The Balaban J connectivity index is 0.000000597. The van der Waals surface area contributed by atoms with Gasteiger partial charge in [0, 0.05) is 5.92 Å². The molecule has 5 nitrogen and oxygen atoms in total. The van der Waals surface area contributed by atoms with Gasteiger partial charge in [-0.1, -0.05) is 86.3 Å². The molecular formula is C20H30NO4P. The van der Waals surface area contributed by atoms with Crippen molar-refractivity contribution >= 4 is 7.82 Å². The Morgan fingerprint density at radius 2 is 1.12 bits per heavy atom. The molecule has 0 radical (unpaired) electrons. The van der Waals surface area contributed by atoms with Crippen molar-refractivity contribution in [3.8, 4) is 0 Å². The van der Waals surface area contributed by atoms with Crippen LogP contribution in [0.25, 0.3) is 0 Å². The molecule has 0 fully saturated rings. The smallest absolute Gasteiger partial charge is 0.330 e. The lowest BCUT2D eigenvalue weighted by Gasteiger charge is -2.18. The molecule has 0 aliphatic heterocycles. The van der Waals surface area contributed by atoms with Crippen LogP contribution in [0.2, 0.25) is 0 Å². The average Bonchev–Trinajstić information content (AvgIpc) is 2.61. The van der Waals surface area contributed by atoms with E-state index in [4.69, 9.17) is 25.0 Å². The standard InChI is InChI=1S/C20H27N.H3O4P/c21-17-11-3-1-2-10-16-20(18-12-6-4-7-13-18)19-14-8-5-9-15-19;1-5(2,3)4/h4-9,12-15,20H,1-3,10-11,16-17,21H2;(H3,1,2,3,4). The molecule has 0 aliphatic rings. The lowest BCUT2D eigenvalue weighted by atomic mass is 9.87. The molecule has 0 bridgehead atoms. The Morgan fingerprint density at radius 3 is 1.54 bits per heavy atom. The molecular weight excluding hydrogens is 349 g/mol. The van der Waals surface area contributed by atoms with E-state index in [1.165, 1.54) is 49.7 Å². The summed E-state index contributed by atoms with van der Waals surface area (Å²) >= 11 is 0. The lowest BCUT2D eigenvalue weighted by molar-refractivity contribution is 0.275. The maximum absolute atomic E-state index is 8.88. The topological polar surface area (TPSA) is 104 Å². The summed E-state index contributed by atoms with van der Waals surface area (Å²) in [4.78, 5) is 21.6. The van der Waals surface area contributed by atoms with Gasteiger partial charge < -0.3 is 20.4 Å². The molecule has 0 saturated heterocycles. The fourth-order valence-electron chi connectivity index (χ4n) is 2.92. The SMILES string of the molecule is NCCCCCCCC(c1ccccc1)c1ccccc1.O=P(O)(O)O. The number of hydrogen-bond donors (Lipinski definition) is 4. The second kappa shape index (κ2) is 12.8. The van der Waals surface area contributed by atoms with Gasteiger partial charge in [0.25, 0.3) is 0 Å². The van der Waals surface area contributed by atoms with Crippen LogP contribution in [0.15, 0.2) is 60.7 Å². The van der Waals surface area contributed by atoms with E-state index in [2.05, 4.69) is 60.7 Å². The van der Waals surface area contributed by atoms with E-state index in [1.54, 1.807) is 0 Å². The Bertz CT molecular complexity index is 583. The van der Waals surface area contributed by atoms with Crippen molar-refractivity contribution in [2.24, 2.45) is 5.73 Å². The molecule has 2 aromatic rings. The molecule has 144 valence electrons. The van der Waals surface area contributed by atoms with Crippen LogP contribution in [0.4, 0.5) is 0 Å². The molecule has 0 aliphatic carbocycles. The van der Waals surface area contributed by atoms with Crippen LogP contribution in [0, 0.1) is 0 Å². The molecule has 26 heavy (non-hydrogen) atoms. The molecule has 0 spiro atoms. The van der Waals surface area contributed by atoms with E-state index in [9.17, 15) is 0 Å². The van der Waals surface area contributed by atoms with Crippen molar-refractivity contribution in [3.63, 3.8) is 0 Å². The molecule has 2 rings (SSSR count). The predicted octanol–water partition coefficient (Wildman–Crippen LogP) is 4.19. The highest BCUT2D eigenvalue weighted by atomic mass is 31.2. The third kappa shape index (κ3) is 11.2. The zero-order valence-corrected chi connectivity index (χ0v) is 16.0. The molecule has 5 N–H and O–H groups in total. The summed E-state index contributed by atoms with van der Waals surface area (Å²) in [6.07, 6.45) is 7.60. The molecule has 6 heteroatoms. The molecule has 0 heterocycles. The van der Waals surface area contributed by atoms with Crippen molar-refractivity contribution in [2.45, 2.75) is 44.4 Å². The summed E-state index contributed by atoms with van der Waals surface area (Å²) in [5.74, 6) is 0.530. The van der Waals surface area contributed by atoms with Crippen molar-refractivity contribution < 1.29 is 19.2 Å². The first-order valence-corrected chi connectivity index (χ1v) is 10.6. The van der Waals surface area contributed by atoms with Crippen LogP contribution in [0.3, 0.4) is 0 Å². The molecule has 0 unspecified atom stereocenters. The lowest BCUT2D eigenvalue weighted by Crippen LogP contribution is -2.01. The molecule has 0 saturated carbocycles. The summed E-state index contributed by atoms with van der Waals surface area (Å²) in [5, 5.41) is 0. The number of phosphoric acid groups is 1. The van der Waals surface area contributed by atoms with Crippen molar-refractivity contribution in [2.75, 3.05) is 6.54 Å². The molecule has 0 atom stereocenters. The normalized spacial score (nSPS) is 11.1. The van der Waals surface area contributed by atoms with Gasteiger partial charge in [0.2, 0.25) is 0 Å². The van der Waals surface area contributed by atoms with E-state index in [0.29, 0.717) is 5.92 Å². The zero-order chi connectivity index (χ0) is 19.3. The quantitative estimate of drug-likeness (QED) is 0.386. The predicted molar refractivity (Wildman–Crippen MR) is 106 cm³/mol. The molecule has 2 aromatic carbocycles. The number of unbranched alkanes of at least 4 members (excludes halogenated alkanes) is 4. The summed E-state index contributed by atoms with van der Waals surface area (Å²) in [6.45, 7) is 0.830. The maximum atomic E-state index is 8.88. The number of rotatable bonds is 9. The van der Waals surface area contributed by atoms with Crippen molar-refractivity contribution in [1.82, 2.24) is 0 Å². The highest BCUT2D eigenvalue weighted by molar-refractivity contribution is 7.45. The van der Waals surface area contributed by atoms with Crippen LogP contribution in [-0.4, -0.2) is 21.2 Å². The second-order valence-corrected chi connectivity index (χ2v) is 7.26. The van der Waals surface area contributed by atoms with Crippen LogP contribution in [-0.2, 0) is 4.57 Å². The van der Waals surface area contributed by atoms with Crippen molar-refractivity contribution in [1.29, 1.82) is 0 Å². The largest absolute Gasteiger partial charge is 0.466 e. The van der Waals surface area contributed by atoms with Gasteiger partial charge >= 0.3 is 7.82 Å². The van der Waals surface area contributed by atoms with Gasteiger partial charge in [-0.2, -0.15) is 0 Å². The Morgan fingerprint density at radius 1 is 0.731 bits per heavy atom. The van der Waals surface area contributed by atoms with E-state index in [0.717, 1.165) is 6.54 Å². The van der Waals surface area contributed by atoms with Crippen LogP contribution in [0.5, 0.6) is 0 Å². The van der Waals surface area contributed by atoms with Crippen LogP contribution < -0.4 is 5.73 Å². The summed E-state index contributed by atoms with van der Waals surface area (Å²) < 4.78 is 8.88. The maximum Gasteiger partial charge on any atom is 0.466 e. The third-order valence-electron chi connectivity index (χ3n) is 4.10. The first-order valence-electron chi connectivity index (χ1n) is 9.00. The minimum absolute atomic E-state index is 0.530. The highest BCUT2D eigenvalue weighted by Gasteiger charge is 2.13. The molecule has 0 amide bonds. The third-order valence-corrected chi connectivity index (χ3v) is 4.10. The van der Waals surface area contributed by atoms with Crippen molar-refractivity contribution in [3.05, 3.63) is 71.8 Å². The number of hydrogen-bond acceptors (Lipinski definition) is 2. The van der Waals surface area contributed by atoms with Gasteiger partial charge in [-0.25, -0.2) is 4.57 Å². The fraction of sp³-hybridized carbons (Fsp3) is 0.400. The number of nitrogens with two attached hydrogens (primary N) is 1. The summed E-state index contributed by atoms with van der Waals surface area (Å²) in [7, 11) is -4.64. The summed E-state index contributed by atoms with van der Waals surface area (Å²) in [5.41, 5.74) is 8.42. The minimum Gasteiger partial charge on any atom is -0.330 e. The fourth-order valence-corrected chi connectivity index (χ4v) is 2.92. The van der Waals surface area contributed by atoms with Gasteiger partial charge in [0.15, 0.2) is 0 Å². The van der Waals surface area contributed by atoms with Crippen LogP contribution in [0.1, 0.15) is 55.6 Å².